The molecule has 0 aliphatic heterocycles. The van der Waals surface area contributed by atoms with Gasteiger partial charge in [0.15, 0.2) is 11.7 Å². The Kier molecular flexibility index (Phi) is 9.28. The Morgan fingerprint density at radius 2 is 1.90 bits per heavy atom. The number of nitrogens with zero attached hydrogens (tertiary/aromatic N) is 3. The van der Waals surface area contributed by atoms with E-state index < -0.39 is 0 Å². The molecule has 10 heteroatoms. The number of halogens is 1. The van der Waals surface area contributed by atoms with Crippen LogP contribution in [-0.2, 0) is 6.42 Å². The molecule has 9 nitrogen and oxygen atoms in total. The minimum absolute atomic E-state index is 0. The van der Waals surface area contributed by atoms with Crippen LogP contribution < -0.4 is 20.1 Å². The number of aromatic nitrogens is 3. The van der Waals surface area contributed by atoms with Crippen molar-refractivity contribution < 1.29 is 13.9 Å². The molecule has 0 aliphatic rings. The molecule has 29 heavy (non-hydrogen) atoms. The van der Waals surface area contributed by atoms with E-state index in [1.165, 1.54) is 0 Å². The number of guanidine groups is 1. The van der Waals surface area contributed by atoms with E-state index in [2.05, 4.69) is 30.8 Å². The van der Waals surface area contributed by atoms with Crippen molar-refractivity contribution in [3.63, 3.8) is 0 Å². The van der Waals surface area contributed by atoms with Crippen LogP contribution in [0.5, 0.6) is 11.5 Å². The fraction of sp³-hybridized carbons (Fsp3) is 0.316. The molecule has 3 aromatic rings. The zero-order valence-electron chi connectivity index (χ0n) is 16.3. The first-order chi connectivity index (χ1) is 13.8. The summed E-state index contributed by atoms with van der Waals surface area (Å²) in [5, 5.41) is 13.5. The van der Waals surface area contributed by atoms with E-state index in [0.717, 1.165) is 17.3 Å². The van der Waals surface area contributed by atoms with Crippen molar-refractivity contribution in [1.29, 1.82) is 0 Å². The monoisotopic (exact) mass is 512 g/mol. The molecule has 3 N–H and O–H groups in total. The van der Waals surface area contributed by atoms with E-state index in [1.807, 2.05) is 30.3 Å². The fourth-order valence-electron chi connectivity index (χ4n) is 2.45. The molecule has 2 heterocycles. The summed E-state index contributed by atoms with van der Waals surface area (Å²) >= 11 is 0. The van der Waals surface area contributed by atoms with Crippen molar-refractivity contribution in [2.45, 2.75) is 6.42 Å². The largest absolute Gasteiger partial charge is 0.497 e. The number of aromatic amines is 1. The topological polar surface area (TPSA) is 110 Å². The summed E-state index contributed by atoms with van der Waals surface area (Å²) < 4.78 is 16.1. The van der Waals surface area contributed by atoms with Gasteiger partial charge in [-0.15, -0.1) is 24.0 Å². The molecule has 3 rings (SSSR count). The molecule has 0 saturated carbocycles. The van der Waals surface area contributed by atoms with Gasteiger partial charge in [-0.05, 0) is 36.4 Å². The lowest BCUT2D eigenvalue weighted by Gasteiger charge is -2.12. The van der Waals surface area contributed by atoms with Gasteiger partial charge in [0.05, 0.1) is 19.9 Å². The third kappa shape index (κ3) is 6.97. The van der Waals surface area contributed by atoms with E-state index in [1.54, 1.807) is 26.5 Å². The molecule has 0 atom stereocenters. The molecule has 156 valence electrons. The smallest absolute Gasteiger partial charge is 0.216 e. The van der Waals surface area contributed by atoms with Gasteiger partial charge in [-0.3, -0.25) is 10.1 Å². The Morgan fingerprint density at radius 3 is 2.59 bits per heavy atom. The van der Waals surface area contributed by atoms with Crippen LogP contribution in [-0.4, -0.2) is 55.0 Å². The molecular weight excluding hydrogens is 487 g/mol. The van der Waals surface area contributed by atoms with Crippen molar-refractivity contribution >= 4 is 29.9 Å². The average molecular weight is 512 g/mol. The summed E-state index contributed by atoms with van der Waals surface area (Å²) in [4.78, 5) is 8.60. The maximum Gasteiger partial charge on any atom is 0.216 e. The van der Waals surface area contributed by atoms with Gasteiger partial charge in [-0.25, -0.2) is 4.98 Å². The van der Waals surface area contributed by atoms with Crippen LogP contribution in [0.25, 0.3) is 11.6 Å². The summed E-state index contributed by atoms with van der Waals surface area (Å²) in [6, 6.07) is 11.1. The number of hydrogen-bond acceptors (Lipinski definition) is 6. The highest BCUT2D eigenvalue weighted by Crippen LogP contribution is 2.16. The van der Waals surface area contributed by atoms with E-state index in [0.29, 0.717) is 43.7 Å². The lowest BCUT2D eigenvalue weighted by atomic mass is 10.3. The van der Waals surface area contributed by atoms with Crippen molar-refractivity contribution in [2.24, 2.45) is 4.99 Å². The third-order valence-corrected chi connectivity index (χ3v) is 3.87. The Bertz CT molecular complexity index is 864. The van der Waals surface area contributed by atoms with Crippen LogP contribution in [0, 0.1) is 0 Å². The van der Waals surface area contributed by atoms with Crippen LogP contribution >= 0.6 is 24.0 Å². The summed E-state index contributed by atoms with van der Waals surface area (Å²) in [7, 11) is 3.36. The van der Waals surface area contributed by atoms with Crippen LogP contribution in [0.4, 0.5) is 0 Å². The zero-order valence-corrected chi connectivity index (χ0v) is 18.7. The summed E-state index contributed by atoms with van der Waals surface area (Å²) in [6.45, 7) is 1.80. The van der Waals surface area contributed by atoms with E-state index in [4.69, 9.17) is 13.9 Å². The van der Waals surface area contributed by atoms with Crippen molar-refractivity contribution in [3.05, 3.63) is 48.5 Å². The SMILES string of the molecule is CN=C(NCCOc1ccc(OC)cc1)NCCc1nc(-c2ccco2)n[nH]1.I. The molecule has 0 fully saturated rings. The number of nitrogens with one attached hydrogen (secondary N) is 3. The van der Waals surface area contributed by atoms with Gasteiger partial charge >= 0.3 is 0 Å². The molecule has 0 saturated heterocycles. The number of benzene rings is 1. The summed E-state index contributed by atoms with van der Waals surface area (Å²) in [5.74, 6) is 4.27. The maximum absolute atomic E-state index is 5.68. The van der Waals surface area contributed by atoms with Crippen LogP contribution in [0.1, 0.15) is 5.82 Å². The first kappa shape index (κ1) is 22.5. The first-order valence-corrected chi connectivity index (χ1v) is 8.95. The molecule has 0 spiro atoms. The quantitative estimate of drug-likeness (QED) is 0.175. The van der Waals surface area contributed by atoms with Crippen molar-refractivity contribution in [3.8, 4) is 23.1 Å². The first-order valence-electron chi connectivity index (χ1n) is 8.95. The van der Waals surface area contributed by atoms with Crippen molar-refractivity contribution in [1.82, 2.24) is 25.8 Å². The zero-order chi connectivity index (χ0) is 19.6. The highest BCUT2D eigenvalue weighted by molar-refractivity contribution is 14.0. The molecule has 0 amide bonds. The number of hydrogen-bond donors (Lipinski definition) is 3. The predicted octanol–water partition coefficient (Wildman–Crippen LogP) is 2.48. The van der Waals surface area contributed by atoms with Gasteiger partial charge < -0.3 is 24.5 Å². The normalized spacial score (nSPS) is 10.9. The molecule has 1 aromatic carbocycles. The second-order valence-corrected chi connectivity index (χ2v) is 5.78. The van der Waals surface area contributed by atoms with Crippen LogP contribution in [0.15, 0.2) is 52.1 Å². The molecule has 0 aliphatic carbocycles. The maximum atomic E-state index is 5.68. The van der Waals surface area contributed by atoms with Gasteiger partial charge in [0.1, 0.15) is 23.9 Å². The van der Waals surface area contributed by atoms with Gasteiger partial charge in [-0.1, -0.05) is 0 Å². The standard InChI is InChI=1S/C19H24N6O3.HI/c1-20-19(22-11-13-27-15-7-5-14(26-2)6-8-15)21-10-9-17-23-18(25-24-17)16-4-3-12-28-16;/h3-8,12H,9-11,13H2,1-2H3,(H2,20,21,22)(H,23,24,25);1H. The number of furan rings is 1. The van der Waals surface area contributed by atoms with Crippen LogP contribution in [0.2, 0.25) is 0 Å². The second-order valence-electron chi connectivity index (χ2n) is 5.78. The van der Waals surface area contributed by atoms with Crippen LogP contribution in [0.3, 0.4) is 0 Å². The molecule has 2 aromatic heterocycles. The minimum Gasteiger partial charge on any atom is -0.497 e. The number of H-pyrrole nitrogens is 1. The van der Waals surface area contributed by atoms with E-state index >= 15 is 0 Å². The number of aliphatic imine (C=N–C) groups is 1. The second kappa shape index (κ2) is 11.9. The average Bonchev–Trinajstić information content (AvgIpc) is 3.42. The molecule has 0 bridgehead atoms. The highest BCUT2D eigenvalue weighted by Gasteiger charge is 2.08. The highest BCUT2D eigenvalue weighted by atomic mass is 127. The Hall–Kier alpha value is -2.76. The molecule has 0 unspecified atom stereocenters. The molecular formula is C19H25IN6O3. The van der Waals surface area contributed by atoms with Gasteiger partial charge in [0, 0.05) is 20.0 Å². The lowest BCUT2D eigenvalue weighted by Crippen LogP contribution is -2.40. The lowest BCUT2D eigenvalue weighted by molar-refractivity contribution is 0.321. The summed E-state index contributed by atoms with van der Waals surface area (Å²) in [5.41, 5.74) is 0. The predicted molar refractivity (Wildman–Crippen MR) is 121 cm³/mol. The molecule has 0 radical (unpaired) electrons. The third-order valence-electron chi connectivity index (χ3n) is 3.87. The minimum atomic E-state index is 0. The number of ether oxygens (including phenoxy) is 2. The Labute approximate surface area is 186 Å². The fourth-order valence-corrected chi connectivity index (χ4v) is 2.45. The van der Waals surface area contributed by atoms with E-state index in [-0.39, 0.29) is 24.0 Å². The number of rotatable bonds is 9. The van der Waals surface area contributed by atoms with Gasteiger partial charge in [0.2, 0.25) is 5.82 Å². The summed E-state index contributed by atoms with van der Waals surface area (Å²) in [6.07, 6.45) is 2.28. The Balaban J connectivity index is 0.00000300. The van der Waals surface area contributed by atoms with E-state index in [9.17, 15) is 0 Å². The van der Waals surface area contributed by atoms with Crippen molar-refractivity contribution in [2.75, 3.05) is 33.9 Å². The Morgan fingerprint density at radius 1 is 1.14 bits per heavy atom. The number of methoxy groups -OCH3 is 1. The van der Waals surface area contributed by atoms with Gasteiger partial charge in [0.25, 0.3) is 0 Å². The van der Waals surface area contributed by atoms with Gasteiger partial charge in [-0.2, -0.15) is 5.10 Å².